The molecule has 1 unspecified atom stereocenters. The van der Waals surface area contributed by atoms with Crippen molar-refractivity contribution in [3.05, 3.63) is 22.4 Å². The van der Waals surface area contributed by atoms with Gasteiger partial charge in [0.05, 0.1) is 13.0 Å². The molecule has 1 heterocycles. The van der Waals surface area contributed by atoms with Crippen LogP contribution in [0, 0.1) is 0 Å². The number of rotatable bonds is 8. The highest BCUT2D eigenvalue weighted by Crippen LogP contribution is 2.09. The Hall–Kier alpha value is -1.36. The molecule has 0 bridgehead atoms. The average Bonchev–Trinajstić information content (AvgIpc) is 2.86. The number of unbranched alkanes of at least 4 members (excludes halogenated alkanes) is 2. The average molecular weight is 283 g/mol. The second kappa shape index (κ2) is 8.69. The largest absolute Gasteiger partial charge is 0.464 e. The van der Waals surface area contributed by atoms with Crippen molar-refractivity contribution in [1.29, 1.82) is 0 Å². The van der Waals surface area contributed by atoms with E-state index < -0.39 is 6.04 Å². The number of carbonyl (C=O) groups excluding carboxylic acids is 2. The number of ether oxygens (including phenoxy) is 1. The molecule has 0 spiro atoms. The van der Waals surface area contributed by atoms with Crippen molar-refractivity contribution in [3.63, 3.8) is 0 Å². The van der Waals surface area contributed by atoms with Crippen LogP contribution in [-0.2, 0) is 20.7 Å². The summed E-state index contributed by atoms with van der Waals surface area (Å²) in [4.78, 5) is 24.3. The van der Waals surface area contributed by atoms with E-state index in [9.17, 15) is 9.59 Å². The number of amides is 1. The molecule has 1 amide bonds. The van der Waals surface area contributed by atoms with Crippen molar-refractivity contribution in [2.45, 2.75) is 45.6 Å². The van der Waals surface area contributed by atoms with E-state index in [4.69, 9.17) is 4.74 Å². The fourth-order valence-electron chi connectivity index (χ4n) is 1.57. The number of carbonyl (C=O) groups is 2. The van der Waals surface area contributed by atoms with Gasteiger partial charge in [-0.1, -0.05) is 25.8 Å². The summed E-state index contributed by atoms with van der Waals surface area (Å²) in [7, 11) is 0. The molecule has 0 radical (unpaired) electrons. The minimum atomic E-state index is -0.589. The van der Waals surface area contributed by atoms with E-state index in [1.165, 1.54) is 11.3 Å². The molecule has 1 rings (SSSR count). The van der Waals surface area contributed by atoms with Crippen molar-refractivity contribution >= 4 is 23.2 Å². The Morgan fingerprint density at radius 3 is 2.84 bits per heavy atom. The van der Waals surface area contributed by atoms with E-state index in [1.807, 2.05) is 17.5 Å². The van der Waals surface area contributed by atoms with Crippen LogP contribution < -0.4 is 5.32 Å². The highest BCUT2D eigenvalue weighted by molar-refractivity contribution is 7.10. The number of esters is 1. The molecule has 5 heteroatoms. The summed E-state index contributed by atoms with van der Waals surface area (Å²) in [5, 5.41) is 4.58. The molecule has 0 saturated heterocycles. The van der Waals surface area contributed by atoms with Crippen molar-refractivity contribution in [2.24, 2.45) is 0 Å². The van der Waals surface area contributed by atoms with Crippen LogP contribution in [0.3, 0.4) is 0 Å². The van der Waals surface area contributed by atoms with E-state index in [2.05, 4.69) is 12.2 Å². The summed E-state index contributed by atoms with van der Waals surface area (Å²) in [5.74, 6) is -0.518. The summed E-state index contributed by atoms with van der Waals surface area (Å²) >= 11 is 1.53. The Kier molecular flexibility index (Phi) is 7.18. The SMILES string of the molecule is CCCCCOC(=O)C(C)NC(=O)Cc1cccs1. The molecule has 106 valence electrons. The highest BCUT2D eigenvalue weighted by Gasteiger charge is 2.17. The second-order valence-corrected chi connectivity index (χ2v) is 5.45. The number of thiophene rings is 1. The van der Waals surface area contributed by atoms with Crippen LogP contribution in [0.25, 0.3) is 0 Å². The van der Waals surface area contributed by atoms with Crippen LogP contribution in [0.2, 0.25) is 0 Å². The first-order valence-corrected chi connectivity index (χ1v) is 7.49. The molecule has 0 fully saturated rings. The molecule has 0 aliphatic heterocycles. The summed E-state index contributed by atoms with van der Waals surface area (Å²) in [6.45, 7) is 4.17. The summed E-state index contributed by atoms with van der Waals surface area (Å²) in [5.41, 5.74) is 0. The third-order valence-electron chi connectivity index (χ3n) is 2.64. The van der Waals surface area contributed by atoms with Crippen LogP contribution in [0.4, 0.5) is 0 Å². The van der Waals surface area contributed by atoms with Gasteiger partial charge in [0.1, 0.15) is 6.04 Å². The van der Waals surface area contributed by atoms with Gasteiger partial charge >= 0.3 is 5.97 Å². The van der Waals surface area contributed by atoms with Gasteiger partial charge in [0.2, 0.25) is 5.91 Å². The summed E-state index contributed by atoms with van der Waals surface area (Å²) in [6.07, 6.45) is 3.32. The van der Waals surface area contributed by atoms with Gasteiger partial charge in [-0.15, -0.1) is 11.3 Å². The number of hydrogen-bond acceptors (Lipinski definition) is 4. The Bertz CT molecular complexity index is 389. The van der Waals surface area contributed by atoms with Gasteiger partial charge in [0, 0.05) is 4.88 Å². The van der Waals surface area contributed by atoms with Gasteiger partial charge in [0.25, 0.3) is 0 Å². The van der Waals surface area contributed by atoms with Crippen LogP contribution >= 0.6 is 11.3 Å². The van der Waals surface area contributed by atoms with Crippen LogP contribution in [0.15, 0.2) is 17.5 Å². The van der Waals surface area contributed by atoms with E-state index in [1.54, 1.807) is 6.92 Å². The minimum absolute atomic E-state index is 0.152. The smallest absolute Gasteiger partial charge is 0.328 e. The van der Waals surface area contributed by atoms with E-state index in [0.717, 1.165) is 24.1 Å². The van der Waals surface area contributed by atoms with E-state index >= 15 is 0 Å². The van der Waals surface area contributed by atoms with Gasteiger partial charge < -0.3 is 10.1 Å². The molecular formula is C14H21NO3S. The molecule has 0 saturated carbocycles. The fourth-order valence-corrected chi connectivity index (χ4v) is 2.28. The maximum Gasteiger partial charge on any atom is 0.328 e. The zero-order valence-electron chi connectivity index (χ0n) is 11.5. The minimum Gasteiger partial charge on any atom is -0.464 e. The maximum atomic E-state index is 11.7. The molecule has 0 aromatic carbocycles. The lowest BCUT2D eigenvalue weighted by atomic mass is 10.2. The van der Waals surface area contributed by atoms with E-state index in [-0.39, 0.29) is 11.9 Å². The third kappa shape index (κ3) is 6.38. The van der Waals surface area contributed by atoms with Crippen LogP contribution in [-0.4, -0.2) is 24.5 Å². The van der Waals surface area contributed by atoms with Crippen LogP contribution in [0.1, 0.15) is 38.0 Å². The Labute approximate surface area is 118 Å². The Morgan fingerprint density at radius 2 is 2.21 bits per heavy atom. The normalized spacial score (nSPS) is 11.9. The van der Waals surface area contributed by atoms with Crippen molar-refractivity contribution in [1.82, 2.24) is 5.32 Å². The molecule has 0 aliphatic carbocycles. The second-order valence-electron chi connectivity index (χ2n) is 4.42. The molecule has 0 aliphatic rings. The maximum absolute atomic E-state index is 11.7. The first-order valence-electron chi connectivity index (χ1n) is 6.62. The van der Waals surface area contributed by atoms with Gasteiger partial charge in [-0.05, 0) is 24.8 Å². The first-order chi connectivity index (χ1) is 9.13. The fraction of sp³-hybridized carbons (Fsp3) is 0.571. The Morgan fingerprint density at radius 1 is 1.42 bits per heavy atom. The molecule has 1 aromatic heterocycles. The number of nitrogens with one attached hydrogen (secondary N) is 1. The van der Waals surface area contributed by atoms with Gasteiger partial charge in [-0.3, -0.25) is 4.79 Å². The number of hydrogen-bond donors (Lipinski definition) is 1. The summed E-state index contributed by atoms with van der Waals surface area (Å²) in [6, 6.07) is 3.21. The lowest BCUT2D eigenvalue weighted by Gasteiger charge is -2.13. The van der Waals surface area contributed by atoms with E-state index in [0.29, 0.717) is 13.0 Å². The third-order valence-corrected chi connectivity index (χ3v) is 3.51. The predicted molar refractivity (Wildman–Crippen MR) is 76.1 cm³/mol. The van der Waals surface area contributed by atoms with Crippen molar-refractivity contribution in [2.75, 3.05) is 6.61 Å². The molecule has 1 atom stereocenters. The van der Waals surface area contributed by atoms with Gasteiger partial charge in [-0.2, -0.15) is 0 Å². The van der Waals surface area contributed by atoms with Gasteiger partial charge in [0.15, 0.2) is 0 Å². The standard InChI is InChI=1S/C14H21NO3S/c1-3-4-5-8-18-14(17)11(2)15-13(16)10-12-7-6-9-19-12/h6-7,9,11H,3-5,8,10H2,1-2H3,(H,15,16). The molecule has 1 aromatic rings. The lowest BCUT2D eigenvalue weighted by molar-refractivity contribution is -0.147. The van der Waals surface area contributed by atoms with Gasteiger partial charge in [-0.25, -0.2) is 4.79 Å². The van der Waals surface area contributed by atoms with Crippen molar-refractivity contribution in [3.8, 4) is 0 Å². The zero-order chi connectivity index (χ0) is 14.1. The molecule has 1 N–H and O–H groups in total. The molecular weight excluding hydrogens is 262 g/mol. The van der Waals surface area contributed by atoms with Crippen molar-refractivity contribution < 1.29 is 14.3 Å². The molecule has 4 nitrogen and oxygen atoms in total. The lowest BCUT2D eigenvalue weighted by Crippen LogP contribution is -2.40. The molecule has 19 heavy (non-hydrogen) atoms. The zero-order valence-corrected chi connectivity index (χ0v) is 12.3. The predicted octanol–water partition coefficient (Wildman–Crippen LogP) is 2.53. The quantitative estimate of drug-likeness (QED) is 0.589. The first kappa shape index (κ1) is 15.7. The summed E-state index contributed by atoms with van der Waals surface area (Å²) < 4.78 is 5.09. The monoisotopic (exact) mass is 283 g/mol. The topological polar surface area (TPSA) is 55.4 Å². The van der Waals surface area contributed by atoms with Crippen LogP contribution in [0.5, 0.6) is 0 Å². The Balaban J connectivity index is 2.23. The highest BCUT2D eigenvalue weighted by atomic mass is 32.1.